The van der Waals surface area contributed by atoms with Gasteiger partial charge in [-0.3, -0.25) is 0 Å². The second-order valence-corrected chi connectivity index (χ2v) is 5.78. The first-order chi connectivity index (χ1) is 9.33. The molecular formula is C13H18N6. The van der Waals surface area contributed by atoms with E-state index in [2.05, 4.69) is 32.5 Å². The summed E-state index contributed by atoms with van der Waals surface area (Å²) in [4.78, 5) is 8.68. The molecule has 0 bridgehead atoms. The van der Waals surface area contributed by atoms with Crippen molar-refractivity contribution in [1.82, 2.24) is 25.0 Å². The molecule has 100 valence electrons. The fraction of sp³-hybridized carbons (Fsp3) is 0.692. The van der Waals surface area contributed by atoms with Crippen molar-refractivity contribution in [1.29, 1.82) is 0 Å². The average molecular weight is 258 g/mol. The highest BCUT2D eigenvalue weighted by Crippen LogP contribution is 2.37. The highest BCUT2D eigenvalue weighted by atomic mass is 15.5. The summed E-state index contributed by atoms with van der Waals surface area (Å²) in [7, 11) is 0. The quantitative estimate of drug-likeness (QED) is 0.910. The molecule has 2 saturated carbocycles. The zero-order chi connectivity index (χ0) is 12.8. The molecule has 4 rings (SSSR count). The van der Waals surface area contributed by atoms with Crippen LogP contribution < -0.4 is 5.32 Å². The lowest BCUT2D eigenvalue weighted by molar-refractivity contribution is 0.212. The Balaban J connectivity index is 1.71. The molecule has 0 saturated heterocycles. The van der Waals surface area contributed by atoms with Gasteiger partial charge in [0.2, 0.25) is 0 Å². The largest absolute Gasteiger partial charge is 0.365 e. The number of nitrogens with zero attached hydrogens (tertiary/aromatic N) is 5. The first-order valence-electron chi connectivity index (χ1n) is 7.15. The van der Waals surface area contributed by atoms with Crippen molar-refractivity contribution in [3.8, 4) is 0 Å². The molecule has 0 radical (unpaired) electrons. The fourth-order valence-corrected chi connectivity index (χ4v) is 2.69. The van der Waals surface area contributed by atoms with E-state index in [0.717, 1.165) is 22.9 Å². The van der Waals surface area contributed by atoms with E-state index >= 15 is 0 Å². The van der Waals surface area contributed by atoms with E-state index in [-0.39, 0.29) is 0 Å². The van der Waals surface area contributed by atoms with E-state index in [1.807, 2.05) is 4.68 Å². The number of fused-ring (bicyclic) bond motifs is 1. The summed E-state index contributed by atoms with van der Waals surface area (Å²) < 4.78 is 1.97. The second-order valence-electron chi connectivity index (χ2n) is 5.78. The van der Waals surface area contributed by atoms with E-state index in [1.165, 1.54) is 32.1 Å². The van der Waals surface area contributed by atoms with Crippen LogP contribution >= 0.6 is 0 Å². The van der Waals surface area contributed by atoms with E-state index in [9.17, 15) is 0 Å². The highest BCUT2D eigenvalue weighted by molar-refractivity contribution is 5.82. The van der Waals surface area contributed by atoms with Gasteiger partial charge < -0.3 is 5.32 Å². The predicted octanol–water partition coefficient (Wildman–Crippen LogP) is 2.16. The van der Waals surface area contributed by atoms with E-state index in [4.69, 9.17) is 0 Å². The van der Waals surface area contributed by atoms with Crippen molar-refractivity contribution in [2.24, 2.45) is 5.92 Å². The van der Waals surface area contributed by atoms with Gasteiger partial charge in [0.1, 0.15) is 6.33 Å². The summed E-state index contributed by atoms with van der Waals surface area (Å²) in [6.07, 6.45) is 7.98. The summed E-state index contributed by atoms with van der Waals surface area (Å²) >= 11 is 0. The van der Waals surface area contributed by atoms with Crippen molar-refractivity contribution in [2.75, 3.05) is 5.32 Å². The lowest BCUT2D eigenvalue weighted by atomic mass is 9.80. The minimum Gasteiger partial charge on any atom is -0.365 e. The summed E-state index contributed by atoms with van der Waals surface area (Å²) in [5.41, 5.74) is 1.66. The molecule has 6 nitrogen and oxygen atoms in total. The number of aromatic nitrogens is 5. The number of hydrogen-bond donors (Lipinski definition) is 1. The summed E-state index contributed by atoms with van der Waals surface area (Å²) in [6, 6.07) is 0.940. The van der Waals surface area contributed by atoms with Crippen LogP contribution in [0.4, 0.5) is 5.82 Å². The molecule has 0 amide bonds. The van der Waals surface area contributed by atoms with Gasteiger partial charge in [-0.05, 0) is 38.5 Å². The van der Waals surface area contributed by atoms with E-state index < -0.39 is 0 Å². The third-order valence-corrected chi connectivity index (χ3v) is 4.40. The molecule has 6 heteroatoms. The molecule has 0 spiro atoms. The van der Waals surface area contributed by atoms with Crippen molar-refractivity contribution in [3.05, 3.63) is 6.33 Å². The molecule has 0 aliphatic heterocycles. The Kier molecular flexibility index (Phi) is 2.43. The van der Waals surface area contributed by atoms with Crippen LogP contribution in [0.25, 0.3) is 11.2 Å². The van der Waals surface area contributed by atoms with Crippen LogP contribution in [0.5, 0.6) is 0 Å². The van der Waals surface area contributed by atoms with Gasteiger partial charge in [0.15, 0.2) is 17.0 Å². The van der Waals surface area contributed by atoms with Gasteiger partial charge in [-0.25, -0.2) is 14.6 Å². The van der Waals surface area contributed by atoms with Gasteiger partial charge in [0, 0.05) is 6.04 Å². The third kappa shape index (κ3) is 1.86. The number of anilines is 1. The Morgan fingerprint density at radius 1 is 1.26 bits per heavy atom. The van der Waals surface area contributed by atoms with Gasteiger partial charge in [-0.15, -0.1) is 5.10 Å². The summed E-state index contributed by atoms with van der Waals surface area (Å²) in [6.45, 7) is 2.22. The SMILES string of the molecule is CC(C1CCC1)n1nnc2c(NC3CC3)ncnc21. The number of rotatable bonds is 4. The Morgan fingerprint density at radius 2 is 2.11 bits per heavy atom. The van der Waals surface area contributed by atoms with Gasteiger partial charge in [0.05, 0.1) is 6.04 Å². The molecule has 2 heterocycles. The van der Waals surface area contributed by atoms with Gasteiger partial charge >= 0.3 is 0 Å². The average Bonchev–Trinajstić information content (AvgIpc) is 3.04. The Morgan fingerprint density at radius 3 is 2.79 bits per heavy atom. The first-order valence-corrected chi connectivity index (χ1v) is 7.15. The summed E-state index contributed by atoms with van der Waals surface area (Å²) in [5, 5.41) is 12.0. The topological polar surface area (TPSA) is 68.5 Å². The van der Waals surface area contributed by atoms with Crippen LogP contribution in [0.3, 0.4) is 0 Å². The Hall–Kier alpha value is -1.72. The second kappa shape index (κ2) is 4.15. The van der Waals surface area contributed by atoms with Crippen molar-refractivity contribution < 1.29 is 0 Å². The number of hydrogen-bond acceptors (Lipinski definition) is 5. The molecule has 19 heavy (non-hydrogen) atoms. The normalized spacial score (nSPS) is 21.3. The van der Waals surface area contributed by atoms with Crippen LogP contribution in [-0.4, -0.2) is 31.0 Å². The maximum Gasteiger partial charge on any atom is 0.184 e. The maximum absolute atomic E-state index is 4.38. The van der Waals surface area contributed by atoms with Gasteiger partial charge in [0.25, 0.3) is 0 Å². The van der Waals surface area contributed by atoms with Crippen molar-refractivity contribution >= 4 is 17.0 Å². The fourth-order valence-electron chi connectivity index (χ4n) is 2.69. The monoisotopic (exact) mass is 258 g/mol. The standard InChI is InChI=1S/C13H18N6/c1-8(9-3-2-4-9)19-13-11(17-18-19)12(14-7-15-13)16-10-5-6-10/h7-10H,2-6H2,1H3,(H,14,15,16). The molecule has 1 atom stereocenters. The molecule has 2 fully saturated rings. The summed E-state index contributed by atoms with van der Waals surface area (Å²) in [5.74, 6) is 1.55. The minimum atomic E-state index is 0.377. The lowest BCUT2D eigenvalue weighted by Gasteiger charge is -2.31. The molecule has 1 N–H and O–H groups in total. The number of nitrogens with one attached hydrogen (secondary N) is 1. The first kappa shape index (κ1) is 11.1. The maximum atomic E-state index is 4.38. The zero-order valence-electron chi connectivity index (χ0n) is 11.1. The van der Waals surface area contributed by atoms with Crippen molar-refractivity contribution in [3.63, 3.8) is 0 Å². The van der Waals surface area contributed by atoms with Gasteiger partial charge in [-0.2, -0.15) is 0 Å². The van der Waals surface area contributed by atoms with E-state index in [1.54, 1.807) is 6.33 Å². The van der Waals surface area contributed by atoms with Crippen LogP contribution in [0.1, 0.15) is 45.1 Å². The molecular weight excluding hydrogens is 240 g/mol. The molecule has 1 unspecified atom stereocenters. The minimum absolute atomic E-state index is 0.377. The smallest absolute Gasteiger partial charge is 0.184 e. The Labute approximate surface area is 111 Å². The third-order valence-electron chi connectivity index (χ3n) is 4.40. The van der Waals surface area contributed by atoms with Crippen LogP contribution in [-0.2, 0) is 0 Å². The molecule has 0 aromatic carbocycles. The van der Waals surface area contributed by atoms with Crippen LogP contribution in [0.15, 0.2) is 6.33 Å². The molecule has 2 aliphatic carbocycles. The van der Waals surface area contributed by atoms with E-state index in [0.29, 0.717) is 12.1 Å². The highest BCUT2D eigenvalue weighted by Gasteiger charge is 2.28. The van der Waals surface area contributed by atoms with Crippen LogP contribution in [0, 0.1) is 5.92 Å². The molecule has 2 aromatic heterocycles. The van der Waals surface area contributed by atoms with Crippen molar-refractivity contribution in [2.45, 2.75) is 51.1 Å². The Bertz CT molecular complexity index is 598. The predicted molar refractivity (Wildman–Crippen MR) is 71.8 cm³/mol. The zero-order valence-corrected chi connectivity index (χ0v) is 11.1. The lowest BCUT2D eigenvalue weighted by Crippen LogP contribution is -2.23. The van der Waals surface area contributed by atoms with Gasteiger partial charge in [-0.1, -0.05) is 11.6 Å². The molecule has 2 aliphatic rings. The molecule has 2 aromatic rings. The van der Waals surface area contributed by atoms with Crippen LogP contribution in [0.2, 0.25) is 0 Å².